The average Bonchev–Trinajstić information content (AvgIpc) is 2.54. The number of ether oxygens (including phenoxy) is 1. The zero-order valence-electron chi connectivity index (χ0n) is 10.4. The van der Waals surface area contributed by atoms with Gasteiger partial charge in [-0.3, -0.25) is 4.79 Å². The average molecular weight is 239 g/mol. The minimum Gasteiger partial charge on any atom is -0.481 e. The van der Waals surface area contributed by atoms with Gasteiger partial charge in [0.25, 0.3) is 0 Å². The predicted octanol–water partition coefficient (Wildman–Crippen LogP) is 1.21. The van der Waals surface area contributed by atoms with E-state index in [1.165, 1.54) is 0 Å². The summed E-state index contributed by atoms with van der Waals surface area (Å²) in [4.78, 5) is 14.0. The fourth-order valence-electron chi connectivity index (χ4n) is 4.07. The molecule has 4 nitrogen and oxygen atoms in total. The first-order valence-electron chi connectivity index (χ1n) is 6.60. The summed E-state index contributed by atoms with van der Waals surface area (Å²) in [5, 5.41) is 9.64. The second kappa shape index (κ2) is 3.69. The number of likely N-dealkylation sites (tertiary alicyclic amines) is 1. The molecule has 0 bridgehead atoms. The lowest BCUT2D eigenvalue weighted by Crippen LogP contribution is -2.65. The number of nitrogens with zero attached hydrogens (tertiary/aromatic N) is 1. The number of hydrogen-bond donors (Lipinski definition) is 1. The van der Waals surface area contributed by atoms with Crippen LogP contribution in [-0.2, 0) is 9.53 Å². The minimum absolute atomic E-state index is 0.0676. The van der Waals surface area contributed by atoms with Gasteiger partial charge in [-0.05, 0) is 38.8 Å². The Labute approximate surface area is 102 Å². The minimum atomic E-state index is -0.582. The molecule has 1 atom stereocenters. The number of rotatable bonds is 3. The Kier molecular flexibility index (Phi) is 2.49. The Morgan fingerprint density at radius 3 is 2.41 bits per heavy atom. The normalized spacial score (nSPS) is 35.0. The van der Waals surface area contributed by atoms with Gasteiger partial charge < -0.3 is 14.7 Å². The molecule has 3 fully saturated rings. The predicted molar refractivity (Wildman–Crippen MR) is 62.8 cm³/mol. The molecule has 0 aromatic heterocycles. The molecule has 17 heavy (non-hydrogen) atoms. The lowest BCUT2D eigenvalue weighted by molar-refractivity contribution is -0.242. The molecule has 4 heteroatoms. The van der Waals surface area contributed by atoms with Crippen molar-refractivity contribution in [2.75, 3.05) is 33.4 Å². The molecule has 2 saturated heterocycles. The number of hydrogen-bond acceptors (Lipinski definition) is 3. The summed E-state index contributed by atoms with van der Waals surface area (Å²) in [6.07, 6.45) is 3.91. The first-order chi connectivity index (χ1) is 8.11. The molecule has 2 aliphatic heterocycles. The molecule has 1 unspecified atom stereocenters. The van der Waals surface area contributed by atoms with Gasteiger partial charge in [-0.1, -0.05) is 6.42 Å². The van der Waals surface area contributed by atoms with Crippen molar-refractivity contribution >= 4 is 5.97 Å². The molecule has 3 aliphatic rings. The van der Waals surface area contributed by atoms with Crippen molar-refractivity contribution in [3.05, 3.63) is 0 Å². The lowest BCUT2D eigenvalue weighted by atomic mass is 9.47. The van der Waals surface area contributed by atoms with Crippen LogP contribution in [0.1, 0.15) is 25.7 Å². The second-order valence-electron chi connectivity index (χ2n) is 6.14. The number of carboxylic acid groups (broad SMARTS) is 1. The maximum atomic E-state index is 11.7. The molecule has 1 saturated carbocycles. The molecule has 1 N–H and O–H groups in total. The van der Waals surface area contributed by atoms with Crippen LogP contribution in [0.4, 0.5) is 0 Å². The maximum Gasteiger partial charge on any atom is 0.310 e. The smallest absolute Gasteiger partial charge is 0.310 e. The van der Waals surface area contributed by atoms with Crippen LogP contribution < -0.4 is 0 Å². The standard InChI is InChI=1S/C13H21NO3/c1-14-6-3-10(7-14)13(8-17-9-13)12(11(15)16)4-2-5-12/h10H,2-9H2,1H3,(H,15,16). The summed E-state index contributed by atoms with van der Waals surface area (Å²) in [6, 6.07) is 0. The molecule has 0 amide bonds. The van der Waals surface area contributed by atoms with Crippen molar-refractivity contribution in [2.45, 2.75) is 25.7 Å². The third-order valence-corrected chi connectivity index (χ3v) is 5.46. The Bertz CT molecular complexity index is 334. The highest BCUT2D eigenvalue weighted by atomic mass is 16.5. The van der Waals surface area contributed by atoms with Crippen molar-refractivity contribution in [1.82, 2.24) is 4.90 Å². The topological polar surface area (TPSA) is 49.8 Å². The Hall–Kier alpha value is -0.610. The van der Waals surface area contributed by atoms with E-state index in [1.54, 1.807) is 0 Å². The van der Waals surface area contributed by atoms with E-state index in [-0.39, 0.29) is 5.41 Å². The van der Waals surface area contributed by atoms with E-state index < -0.39 is 11.4 Å². The molecule has 96 valence electrons. The monoisotopic (exact) mass is 239 g/mol. The molecule has 2 heterocycles. The van der Waals surface area contributed by atoms with E-state index in [2.05, 4.69) is 11.9 Å². The number of carbonyl (C=O) groups is 1. The zero-order chi connectivity index (χ0) is 12.1. The summed E-state index contributed by atoms with van der Waals surface area (Å²) >= 11 is 0. The van der Waals surface area contributed by atoms with Crippen molar-refractivity contribution in [2.24, 2.45) is 16.7 Å². The van der Waals surface area contributed by atoms with Crippen LogP contribution in [0.5, 0.6) is 0 Å². The quantitative estimate of drug-likeness (QED) is 0.804. The maximum absolute atomic E-state index is 11.7. The van der Waals surface area contributed by atoms with Gasteiger partial charge in [-0.15, -0.1) is 0 Å². The van der Waals surface area contributed by atoms with E-state index in [4.69, 9.17) is 4.74 Å². The van der Waals surface area contributed by atoms with E-state index in [1.807, 2.05) is 0 Å². The van der Waals surface area contributed by atoms with Crippen LogP contribution in [0.2, 0.25) is 0 Å². The summed E-state index contributed by atoms with van der Waals surface area (Å²) in [5.74, 6) is -0.0701. The third kappa shape index (κ3) is 1.34. The highest BCUT2D eigenvalue weighted by Crippen LogP contribution is 2.62. The van der Waals surface area contributed by atoms with Crippen LogP contribution in [-0.4, -0.2) is 49.3 Å². The highest BCUT2D eigenvalue weighted by Gasteiger charge is 2.66. The van der Waals surface area contributed by atoms with Gasteiger partial charge in [-0.2, -0.15) is 0 Å². The zero-order valence-corrected chi connectivity index (χ0v) is 10.4. The van der Waals surface area contributed by atoms with Gasteiger partial charge >= 0.3 is 5.97 Å². The third-order valence-electron chi connectivity index (χ3n) is 5.46. The van der Waals surface area contributed by atoms with E-state index >= 15 is 0 Å². The SMILES string of the molecule is CN1CCC(C2(C3(C(=O)O)CCC3)COC2)C1. The van der Waals surface area contributed by atoms with Gasteiger partial charge in [0.2, 0.25) is 0 Å². The summed E-state index contributed by atoms with van der Waals surface area (Å²) < 4.78 is 5.44. The van der Waals surface area contributed by atoms with Crippen molar-refractivity contribution in [1.29, 1.82) is 0 Å². The van der Waals surface area contributed by atoms with Gasteiger partial charge in [0.15, 0.2) is 0 Å². The first kappa shape index (κ1) is 11.5. The summed E-state index contributed by atoms with van der Waals surface area (Å²) in [6.45, 7) is 3.47. The molecule has 0 aromatic carbocycles. The fraction of sp³-hybridized carbons (Fsp3) is 0.923. The summed E-state index contributed by atoms with van der Waals surface area (Å²) in [7, 11) is 2.13. The van der Waals surface area contributed by atoms with Gasteiger partial charge in [0.1, 0.15) is 0 Å². The van der Waals surface area contributed by atoms with Gasteiger partial charge in [0.05, 0.1) is 18.6 Å². The van der Waals surface area contributed by atoms with Crippen LogP contribution in [0.25, 0.3) is 0 Å². The Morgan fingerprint density at radius 1 is 1.41 bits per heavy atom. The number of aliphatic carboxylic acids is 1. The molecule has 0 aromatic rings. The van der Waals surface area contributed by atoms with Crippen LogP contribution in [0.3, 0.4) is 0 Å². The Balaban J connectivity index is 1.88. The van der Waals surface area contributed by atoms with Gasteiger partial charge in [0, 0.05) is 12.0 Å². The van der Waals surface area contributed by atoms with Gasteiger partial charge in [-0.25, -0.2) is 0 Å². The van der Waals surface area contributed by atoms with E-state index in [0.29, 0.717) is 19.1 Å². The molecule has 1 aliphatic carbocycles. The molecule has 0 radical (unpaired) electrons. The molecule has 3 rings (SSSR count). The number of carboxylic acids is 1. The molecule has 0 spiro atoms. The van der Waals surface area contributed by atoms with Crippen molar-refractivity contribution < 1.29 is 14.6 Å². The Morgan fingerprint density at radius 2 is 2.12 bits per heavy atom. The molecular formula is C13H21NO3. The van der Waals surface area contributed by atoms with Crippen LogP contribution >= 0.6 is 0 Å². The van der Waals surface area contributed by atoms with E-state index in [9.17, 15) is 9.90 Å². The van der Waals surface area contributed by atoms with Crippen molar-refractivity contribution in [3.63, 3.8) is 0 Å². The largest absolute Gasteiger partial charge is 0.481 e. The van der Waals surface area contributed by atoms with Crippen molar-refractivity contribution in [3.8, 4) is 0 Å². The highest BCUT2D eigenvalue weighted by molar-refractivity contribution is 5.77. The lowest BCUT2D eigenvalue weighted by Gasteiger charge is -2.60. The van der Waals surface area contributed by atoms with E-state index in [0.717, 1.165) is 38.8 Å². The molecular weight excluding hydrogens is 218 g/mol. The first-order valence-corrected chi connectivity index (χ1v) is 6.60. The second-order valence-corrected chi connectivity index (χ2v) is 6.14. The van der Waals surface area contributed by atoms with Crippen LogP contribution in [0.15, 0.2) is 0 Å². The van der Waals surface area contributed by atoms with Crippen LogP contribution in [0, 0.1) is 16.7 Å². The summed E-state index contributed by atoms with van der Waals surface area (Å²) in [5.41, 5.74) is -0.539. The fourth-order valence-corrected chi connectivity index (χ4v) is 4.07.